The van der Waals surface area contributed by atoms with Gasteiger partial charge in [-0.15, -0.1) is 0 Å². The van der Waals surface area contributed by atoms with Gasteiger partial charge < -0.3 is 10.0 Å². The van der Waals surface area contributed by atoms with Crippen molar-refractivity contribution >= 4 is 16.7 Å². The molecular formula is C13H13F2N3O. The van der Waals surface area contributed by atoms with Crippen LogP contribution < -0.4 is 4.90 Å². The maximum Gasteiger partial charge on any atom is 0.143 e. The van der Waals surface area contributed by atoms with Gasteiger partial charge in [0.05, 0.1) is 30.1 Å². The van der Waals surface area contributed by atoms with Crippen molar-refractivity contribution in [1.82, 2.24) is 9.97 Å². The third-order valence-corrected chi connectivity index (χ3v) is 3.44. The maximum atomic E-state index is 14.0. The van der Waals surface area contributed by atoms with Crippen LogP contribution in [0.2, 0.25) is 0 Å². The van der Waals surface area contributed by atoms with Gasteiger partial charge in [-0.25, -0.2) is 18.7 Å². The van der Waals surface area contributed by atoms with Crippen LogP contribution in [0.25, 0.3) is 10.9 Å². The predicted octanol–water partition coefficient (Wildman–Crippen LogP) is 1.68. The normalized spacial score (nSPS) is 23.2. The number of hydrogen-bond donors (Lipinski definition) is 1. The zero-order valence-electron chi connectivity index (χ0n) is 10.1. The van der Waals surface area contributed by atoms with Gasteiger partial charge in [0.15, 0.2) is 0 Å². The number of aliphatic hydroxyl groups excluding tert-OH is 1. The third-order valence-electron chi connectivity index (χ3n) is 3.44. The van der Waals surface area contributed by atoms with Gasteiger partial charge in [0, 0.05) is 6.42 Å². The molecule has 3 rings (SSSR count). The van der Waals surface area contributed by atoms with E-state index < -0.39 is 12.0 Å². The molecule has 1 aromatic carbocycles. The summed E-state index contributed by atoms with van der Waals surface area (Å²) in [7, 11) is 0. The fourth-order valence-corrected chi connectivity index (χ4v) is 2.56. The van der Waals surface area contributed by atoms with Gasteiger partial charge in [0.25, 0.3) is 0 Å². The van der Waals surface area contributed by atoms with Crippen molar-refractivity contribution in [3.8, 4) is 0 Å². The van der Waals surface area contributed by atoms with Crippen molar-refractivity contribution in [2.45, 2.75) is 18.6 Å². The highest BCUT2D eigenvalue weighted by Gasteiger charge is 2.33. The van der Waals surface area contributed by atoms with Crippen LogP contribution in [0, 0.1) is 5.82 Å². The first-order chi connectivity index (χ1) is 9.20. The molecule has 0 spiro atoms. The number of anilines is 1. The summed E-state index contributed by atoms with van der Waals surface area (Å²) < 4.78 is 27.5. The Morgan fingerprint density at radius 3 is 3.00 bits per heavy atom. The number of alkyl halides is 1. The molecule has 0 amide bonds. The Kier molecular flexibility index (Phi) is 3.02. The van der Waals surface area contributed by atoms with Crippen molar-refractivity contribution in [3.05, 3.63) is 30.3 Å². The molecule has 2 aromatic rings. The van der Waals surface area contributed by atoms with Gasteiger partial charge in [-0.3, -0.25) is 0 Å². The summed E-state index contributed by atoms with van der Waals surface area (Å²) in [4.78, 5) is 9.71. The molecular weight excluding hydrogens is 252 g/mol. The molecule has 1 N–H and O–H groups in total. The smallest absolute Gasteiger partial charge is 0.143 e. The second-order valence-electron chi connectivity index (χ2n) is 4.65. The minimum Gasteiger partial charge on any atom is -0.394 e. The van der Waals surface area contributed by atoms with Crippen molar-refractivity contribution in [2.24, 2.45) is 0 Å². The second kappa shape index (κ2) is 4.70. The maximum absolute atomic E-state index is 14.0. The average molecular weight is 265 g/mol. The summed E-state index contributed by atoms with van der Waals surface area (Å²) in [6, 6.07) is 4.21. The van der Waals surface area contributed by atoms with Crippen LogP contribution in [0.3, 0.4) is 0 Å². The molecule has 4 nitrogen and oxygen atoms in total. The van der Waals surface area contributed by atoms with Gasteiger partial charge in [0.1, 0.15) is 24.1 Å². The number of rotatable bonds is 2. The Morgan fingerprint density at radius 1 is 1.37 bits per heavy atom. The number of fused-ring (bicyclic) bond motifs is 1. The average Bonchev–Trinajstić information content (AvgIpc) is 2.79. The number of benzene rings is 1. The number of hydrogen-bond acceptors (Lipinski definition) is 4. The molecule has 1 aromatic heterocycles. The number of aliphatic hydroxyl groups is 1. The van der Waals surface area contributed by atoms with E-state index >= 15 is 0 Å². The van der Waals surface area contributed by atoms with E-state index in [1.165, 1.54) is 12.4 Å². The minimum absolute atomic E-state index is 0.117. The molecule has 0 bridgehead atoms. The van der Waals surface area contributed by atoms with Gasteiger partial charge in [-0.2, -0.15) is 0 Å². The molecule has 100 valence electrons. The van der Waals surface area contributed by atoms with Crippen LogP contribution in [-0.2, 0) is 0 Å². The minimum atomic E-state index is -1.03. The molecule has 2 heterocycles. The highest BCUT2D eigenvalue weighted by Crippen LogP contribution is 2.31. The monoisotopic (exact) mass is 265 g/mol. The van der Waals surface area contributed by atoms with Crippen LogP contribution in [0.5, 0.6) is 0 Å². The fourth-order valence-electron chi connectivity index (χ4n) is 2.56. The molecule has 19 heavy (non-hydrogen) atoms. The summed E-state index contributed by atoms with van der Waals surface area (Å²) in [5, 5.41) is 9.59. The second-order valence-corrected chi connectivity index (χ2v) is 4.65. The molecule has 2 atom stereocenters. The predicted molar refractivity (Wildman–Crippen MR) is 67.2 cm³/mol. The quantitative estimate of drug-likeness (QED) is 0.897. The van der Waals surface area contributed by atoms with Crippen molar-refractivity contribution < 1.29 is 13.9 Å². The Balaban J connectivity index is 2.15. The lowest BCUT2D eigenvalue weighted by Crippen LogP contribution is -2.33. The van der Waals surface area contributed by atoms with Crippen LogP contribution in [0.4, 0.5) is 14.6 Å². The molecule has 6 heteroatoms. The van der Waals surface area contributed by atoms with Gasteiger partial charge >= 0.3 is 0 Å². The van der Waals surface area contributed by atoms with E-state index in [0.717, 1.165) is 0 Å². The lowest BCUT2D eigenvalue weighted by atomic mass is 10.2. The van der Waals surface area contributed by atoms with Crippen molar-refractivity contribution in [1.29, 1.82) is 0 Å². The van der Waals surface area contributed by atoms with Gasteiger partial charge in [0.2, 0.25) is 0 Å². The van der Waals surface area contributed by atoms with Gasteiger partial charge in [-0.1, -0.05) is 6.07 Å². The molecule has 1 aliphatic rings. The first-order valence-electron chi connectivity index (χ1n) is 6.11. The van der Waals surface area contributed by atoms with Crippen molar-refractivity contribution in [2.75, 3.05) is 18.1 Å². The van der Waals surface area contributed by atoms with E-state index in [0.29, 0.717) is 11.3 Å². The van der Waals surface area contributed by atoms with E-state index in [1.807, 2.05) is 0 Å². The van der Waals surface area contributed by atoms with Crippen LogP contribution in [0.15, 0.2) is 24.5 Å². The van der Waals surface area contributed by atoms with E-state index in [4.69, 9.17) is 0 Å². The number of nitrogens with zero attached hydrogens (tertiary/aromatic N) is 3. The Labute approximate surface area is 108 Å². The van der Waals surface area contributed by atoms with Crippen LogP contribution >= 0.6 is 0 Å². The first-order valence-corrected chi connectivity index (χ1v) is 6.11. The number of aromatic nitrogens is 2. The highest BCUT2D eigenvalue weighted by molar-refractivity contribution is 5.90. The molecule has 0 unspecified atom stereocenters. The molecule has 0 radical (unpaired) electrons. The Morgan fingerprint density at radius 2 is 2.21 bits per heavy atom. The first kappa shape index (κ1) is 12.2. The fraction of sp³-hybridized carbons (Fsp3) is 0.385. The summed E-state index contributed by atoms with van der Waals surface area (Å²) in [5.74, 6) is -0.0885. The zero-order chi connectivity index (χ0) is 13.4. The van der Waals surface area contributed by atoms with E-state index in [9.17, 15) is 13.9 Å². The molecule has 1 aliphatic heterocycles. The van der Waals surface area contributed by atoms with E-state index in [2.05, 4.69) is 9.97 Å². The lowest BCUT2D eigenvalue weighted by Gasteiger charge is -2.24. The summed E-state index contributed by atoms with van der Waals surface area (Å²) in [6.45, 7) is -0.0634. The molecule has 1 fully saturated rings. The highest BCUT2D eigenvalue weighted by atomic mass is 19.1. The molecule has 1 saturated heterocycles. The standard InChI is InChI=1S/C13H13F2N3O/c14-8-4-9(6-19)18(5-8)13-12-10(15)2-1-3-11(12)16-7-17-13/h1-3,7-9,19H,4-6H2/t8-,9-/m0/s1. The van der Waals surface area contributed by atoms with Crippen LogP contribution in [0.1, 0.15) is 6.42 Å². The lowest BCUT2D eigenvalue weighted by molar-refractivity contribution is 0.255. The van der Waals surface area contributed by atoms with E-state index in [-0.39, 0.29) is 31.0 Å². The summed E-state index contributed by atoms with van der Waals surface area (Å²) >= 11 is 0. The van der Waals surface area contributed by atoms with E-state index in [1.54, 1.807) is 17.0 Å². The summed E-state index contributed by atoms with van der Waals surface area (Å²) in [6.07, 6.45) is 0.530. The SMILES string of the molecule is OC[C@@H]1C[C@H](F)CN1c1ncnc2cccc(F)c12. The molecule has 0 aliphatic carbocycles. The number of halogens is 2. The topological polar surface area (TPSA) is 49.2 Å². The summed E-state index contributed by atoms with van der Waals surface area (Å²) in [5.41, 5.74) is 0.476. The Hall–Kier alpha value is -1.82. The molecule has 0 saturated carbocycles. The largest absolute Gasteiger partial charge is 0.394 e. The third kappa shape index (κ3) is 2.02. The zero-order valence-corrected chi connectivity index (χ0v) is 10.1. The van der Waals surface area contributed by atoms with Crippen LogP contribution in [-0.4, -0.2) is 40.4 Å². The van der Waals surface area contributed by atoms with Crippen molar-refractivity contribution in [3.63, 3.8) is 0 Å². The Bertz CT molecular complexity index is 602. The van der Waals surface area contributed by atoms with Gasteiger partial charge in [-0.05, 0) is 12.1 Å².